The van der Waals surface area contributed by atoms with Crippen LogP contribution in [0.5, 0.6) is 11.5 Å². The quantitative estimate of drug-likeness (QED) is 0.683. The third kappa shape index (κ3) is 2.70. The van der Waals surface area contributed by atoms with Crippen LogP contribution in [0.25, 0.3) is 10.2 Å². The van der Waals surface area contributed by atoms with Crippen LogP contribution in [0.3, 0.4) is 0 Å². The Hall–Kier alpha value is -2.32. The Kier molecular flexibility index (Phi) is 3.42. The maximum atomic E-state index is 12.3. The van der Waals surface area contributed by atoms with Crippen molar-refractivity contribution >= 4 is 37.3 Å². The van der Waals surface area contributed by atoms with E-state index in [0.717, 1.165) is 21.8 Å². The molecule has 0 unspecified atom stereocenters. The van der Waals surface area contributed by atoms with Crippen molar-refractivity contribution < 1.29 is 18.6 Å². The molecule has 0 saturated heterocycles. The number of phenolic OH excluding ortho intramolecular Hbond substituents is 2. The molecule has 3 N–H and O–H groups in total. The summed E-state index contributed by atoms with van der Waals surface area (Å²) in [6.07, 6.45) is 0. The van der Waals surface area contributed by atoms with E-state index in [1.165, 1.54) is 17.4 Å². The molecule has 6 nitrogen and oxygen atoms in total. The molecule has 0 aliphatic carbocycles. The summed E-state index contributed by atoms with van der Waals surface area (Å²) < 4.78 is 28.0. The summed E-state index contributed by atoms with van der Waals surface area (Å²) in [4.78, 5) is 4.00. The van der Waals surface area contributed by atoms with Crippen LogP contribution in [-0.4, -0.2) is 23.6 Å². The second kappa shape index (κ2) is 5.15. The normalized spacial score (nSPS) is 11.7. The second-order valence-corrected chi connectivity index (χ2v) is 7.56. The van der Waals surface area contributed by atoms with E-state index < -0.39 is 15.8 Å². The average Bonchev–Trinajstić information content (AvgIpc) is 2.77. The van der Waals surface area contributed by atoms with Crippen molar-refractivity contribution in [3.05, 3.63) is 41.4 Å². The van der Waals surface area contributed by atoms with Crippen LogP contribution in [-0.2, 0) is 10.0 Å². The zero-order chi connectivity index (χ0) is 15.9. The van der Waals surface area contributed by atoms with E-state index >= 15 is 0 Å². The molecular formula is C14H12N2O4S2. The highest BCUT2D eigenvalue weighted by molar-refractivity contribution is 7.92. The van der Waals surface area contributed by atoms with Crippen molar-refractivity contribution in [2.75, 3.05) is 4.72 Å². The van der Waals surface area contributed by atoms with Gasteiger partial charge in [0.25, 0.3) is 10.0 Å². The van der Waals surface area contributed by atoms with Crippen molar-refractivity contribution in [1.82, 2.24) is 4.98 Å². The highest BCUT2D eigenvalue weighted by Crippen LogP contribution is 2.30. The number of phenols is 2. The van der Waals surface area contributed by atoms with E-state index in [1.807, 2.05) is 6.92 Å². The molecule has 8 heteroatoms. The van der Waals surface area contributed by atoms with E-state index in [-0.39, 0.29) is 10.6 Å². The predicted octanol–water partition coefficient (Wildman–Crippen LogP) is 2.82. The maximum Gasteiger partial charge on any atom is 0.265 e. The molecule has 114 valence electrons. The van der Waals surface area contributed by atoms with E-state index in [0.29, 0.717) is 11.2 Å². The van der Waals surface area contributed by atoms with Crippen LogP contribution in [0.4, 0.5) is 5.69 Å². The lowest BCUT2D eigenvalue weighted by molar-refractivity contribution is 0.440. The third-order valence-corrected chi connectivity index (χ3v) is 5.36. The highest BCUT2D eigenvalue weighted by atomic mass is 32.2. The lowest BCUT2D eigenvalue weighted by Crippen LogP contribution is -2.13. The molecule has 22 heavy (non-hydrogen) atoms. The van der Waals surface area contributed by atoms with Gasteiger partial charge in [-0.1, -0.05) is 0 Å². The van der Waals surface area contributed by atoms with Crippen LogP contribution in [0.1, 0.15) is 5.01 Å². The lowest BCUT2D eigenvalue weighted by Gasteiger charge is -2.09. The number of aromatic hydroxyl groups is 2. The summed E-state index contributed by atoms with van der Waals surface area (Å²) in [6, 6.07) is 8.36. The highest BCUT2D eigenvalue weighted by Gasteiger charge is 2.19. The summed E-state index contributed by atoms with van der Waals surface area (Å²) in [6.45, 7) is 1.88. The summed E-state index contributed by atoms with van der Waals surface area (Å²) in [5.74, 6) is -0.728. The molecule has 3 aromatic rings. The zero-order valence-corrected chi connectivity index (χ0v) is 13.1. The molecule has 0 bridgehead atoms. The van der Waals surface area contributed by atoms with Crippen LogP contribution in [0.15, 0.2) is 41.3 Å². The first-order valence-corrected chi connectivity index (χ1v) is 8.57. The van der Waals surface area contributed by atoms with Gasteiger partial charge in [0.2, 0.25) is 0 Å². The van der Waals surface area contributed by atoms with Crippen molar-refractivity contribution in [2.45, 2.75) is 11.8 Å². The smallest absolute Gasteiger partial charge is 0.265 e. The molecule has 1 heterocycles. The topological polar surface area (TPSA) is 99.5 Å². The average molecular weight is 336 g/mol. The minimum atomic E-state index is -3.96. The van der Waals surface area contributed by atoms with E-state index in [4.69, 9.17) is 0 Å². The van der Waals surface area contributed by atoms with Crippen molar-refractivity contribution in [3.8, 4) is 11.5 Å². The minimum Gasteiger partial charge on any atom is -0.508 e. The van der Waals surface area contributed by atoms with Gasteiger partial charge in [-0.15, -0.1) is 11.3 Å². The maximum absolute atomic E-state index is 12.3. The van der Waals surface area contributed by atoms with Crippen LogP contribution in [0.2, 0.25) is 0 Å². The number of anilines is 1. The molecule has 0 spiro atoms. The van der Waals surface area contributed by atoms with Gasteiger partial charge in [0.15, 0.2) is 0 Å². The summed E-state index contributed by atoms with van der Waals surface area (Å²) in [7, 11) is -3.96. The summed E-state index contributed by atoms with van der Waals surface area (Å²) in [5.41, 5.74) is 1.06. The molecule has 3 rings (SSSR count). The number of hydrogen-bond acceptors (Lipinski definition) is 6. The molecular weight excluding hydrogens is 324 g/mol. The number of nitrogens with zero attached hydrogens (tertiary/aromatic N) is 1. The van der Waals surface area contributed by atoms with E-state index in [2.05, 4.69) is 9.71 Å². The fourth-order valence-electron chi connectivity index (χ4n) is 2.05. The number of rotatable bonds is 3. The number of aromatic nitrogens is 1. The molecule has 0 aliphatic rings. The molecule has 0 radical (unpaired) electrons. The Morgan fingerprint density at radius 1 is 1.14 bits per heavy atom. The Morgan fingerprint density at radius 3 is 2.64 bits per heavy atom. The minimum absolute atomic E-state index is 0.212. The fraction of sp³-hybridized carbons (Fsp3) is 0.0714. The Balaban J connectivity index is 1.98. The van der Waals surface area contributed by atoms with Gasteiger partial charge < -0.3 is 10.2 Å². The van der Waals surface area contributed by atoms with Gasteiger partial charge in [0, 0.05) is 6.07 Å². The number of thiazole rings is 1. The first kappa shape index (κ1) is 14.6. The lowest BCUT2D eigenvalue weighted by atomic mass is 10.3. The van der Waals surface area contributed by atoms with Crippen molar-refractivity contribution in [1.29, 1.82) is 0 Å². The third-order valence-electron chi connectivity index (χ3n) is 2.98. The summed E-state index contributed by atoms with van der Waals surface area (Å²) >= 11 is 1.52. The van der Waals surface area contributed by atoms with Gasteiger partial charge in [-0.2, -0.15) is 0 Å². The van der Waals surface area contributed by atoms with E-state index in [1.54, 1.807) is 18.2 Å². The number of hydrogen-bond donors (Lipinski definition) is 3. The molecule has 0 aliphatic heterocycles. The van der Waals surface area contributed by atoms with Gasteiger partial charge in [-0.3, -0.25) is 4.72 Å². The number of nitrogens with one attached hydrogen (secondary N) is 1. The largest absolute Gasteiger partial charge is 0.508 e. The monoisotopic (exact) mass is 336 g/mol. The Morgan fingerprint density at radius 2 is 1.91 bits per heavy atom. The van der Waals surface area contributed by atoms with E-state index in [9.17, 15) is 18.6 Å². The van der Waals surface area contributed by atoms with Crippen LogP contribution >= 0.6 is 11.3 Å². The number of benzene rings is 2. The first-order chi connectivity index (χ1) is 10.3. The molecule has 0 saturated carbocycles. The molecule has 2 aromatic carbocycles. The van der Waals surface area contributed by atoms with Gasteiger partial charge in [-0.25, -0.2) is 13.4 Å². The number of fused-ring (bicyclic) bond motifs is 1. The predicted molar refractivity (Wildman–Crippen MR) is 84.9 cm³/mol. The molecule has 0 amide bonds. The van der Waals surface area contributed by atoms with Gasteiger partial charge in [-0.05, 0) is 37.3 Å². The standard InChI is InChI=1S/C14H12N2O4S2/c1-8-15-11-6-9(2-4-13(11)21-8)16-22(19,20)14-5-3-10(17)7-12(14)18/h2-7,16-18H,1H3. The van der Waals surface area contributed by atoms with Crippen LogP contribution in [0, 0.1) is 6.92 Å². The van der Waals surface area contributed by atoms with Gasteiger partial charge >= 0.3 is 0 Å². The molecule has 0 atom stereocenters. The number of aryl methyl sites for hydroxylation is 1. The second-order valence-electron chi connectivity index (χ2n) is 4.67. The molecule has 1 aromatic heterocycles. The van der Waals surface area contributed by atoms with Crippen molar-refractivity contribution in [3.63, 3.8) is 0 Å². The van der Waals surface area contributed by atoms with Crippen molar-refractivity contribution in [2.24, 2.45) is 0 Å². The fourth-order valence-corrected chi connectivity index (χ4v) is 3.99. The SMILES string of the molecule is Cc1nc2cc(NS(=O)(=O)c3ccc(O)cc3O)ccc2s1. The summed E-state index contributed by atoms with van der Waals surface area (Å²) in [5, 5.41) is 19.8. The van der Waals surface area contributed by atoms with Gasteiger partial charge in [0.1, 0.15) is 16.4 Å². The first-order valence-electron chi connectivity index (χ1n) is 6.27. The van der Waals surface area contributed by atoms with Crippen LogP contribution < -0.4 is 4.72 Å². The Labute approximate surface area is 130 Å². The Bertz CT molecular complexity index is 964. The van der Waals surface area contributed by atoms with Gasteiger partial charge in [0.05, 0.1) is 20.9 Å². The zero-order valence-electron chi connectivity index (χ0n) is 11.4. The molecule has 0 fully saturated rings. The number of sulfonamides is 1.